The summed E-state index contributed by atoms with van der Waals surface area (Å²) in [7, 11) is 0. The third-order valence-corrected chi connectivity index (χ3v) is 4.10. The van der Waals surface area contributed by atoms with Gasteiger partial charge in [0, 0.05) is 6.04 Å². The molecule has 1 aliphatic carbocycles. The fourth-order valence-corrected chi connectivity index (χ4v) is 2.78. The van der Waals surface area contributed by atoms with Gasteiger partial charge in [0.25, 0.3) is 0 Å². The summed E-state index contributed by atoms with van der Waals surface area (Å²) in [5.74, 6) is -0.883. The first kappa shape index (κ1) is 13.6. The van der Waals surface area contributed by atoms with E-state index < -0.39 is 5.92 Å². The van der Waals surface area contributed by atoms with Crippen molar-refractivity contribution in [3.8, 4) is 6.07 Å². The molecule has 1 saturated carbocycles. The van der Waals surface area contributed by atoms with Crippen LogP contribution in [0, 0.1) is 16.7 Å². The third-order valence-electron chi connectivity index (χ3n) is 4.10. The molecule has 0 saturated heterocycles. The lowest BCUT2D eigenvalue weighted by molar-refractivity contribution is -0.122. The maximum absolute atomic E-state index is 12.3. The van der Waals surface area contributed by atoms with E-state index in [-0.39, 0.29) is 17.4 Å². The molecule has 1 N–H and O–H groups in total. The number of nitrogens with one attached hydrogen (secondary N) is 1. The monoisotopic (exact) mass is 256 g/mol. The van der Waals surface area contributed by atoms with E-state index in [0.717, 1.165) is 24.8 Å². The zero-order chi connectivity index (χ0) is 13.9. The van der Waals surface area contributed by atoms with E-state index in [0.29, 0.717) is 0 Å². The number of carbonyl (C=O) groups excluding carboxylic acids is 1. The summed E-state index contributed by atoms with van der Waals surface area (Å²) in [6.45, 7) is 4.35. The number of benzene rings is 1. The minimum Gasteiger partial charge on any atom is -0.351 e. The minimum absolute atomic E-state index is 0.131. The Morgan fingerprint density at radius 1 is 1.42 bits per heavy atom. The fraction of sp³-hybridized carbons (Fsp3) is 0.500. The van der Waals surface area contributed by atoms with Gasteiger partial charge in [0.05, 0.1) is 6.07 Å². The highest BCUT2D eigenvalue weighted by atomic mass is 16.1. The average molecular weight is 256 g/mol. The normalized spacial score (nSPS) is 22.5. The summed E-state index contributed by atoms with van der Waals surface area (Å²) < 4.78 is 0. The SMILES string of the molecule is CC1(C)CCCC1NC(=O)C(C#N)c1ccccc1. The molecule has 2 atom stereocenters. The van der Waals surface area contributed by atoms with Gasteiger partial charge in [-0.15, -0.1) is 0 Å². The van der Waals surface area contributed by atoms with Crippen LogP contribution >= 0.6 is 0 Å². The van der Waals surface area contributed by atoms with Crippen LogP contribution < -0.4 is 5.32 Å². The molecular weight excluding hydrogens is 236 g/mol. The highest BCUT2D eigenvalue weighted by Crippen LogP contribution is 2.37. The number of rotatable bonds is 3. The molecule has 0 bridgehead atoms. The smallest absolute Gasteiger partial charge is 0.242 e. The third kappa shape index (κ3) is 2.96. The van der Waals surface area contributed by atoms with Crippen molar-refractivity contribution in [3.05, 3.63) is 35.9 Å². The standard InChI is InChI=1S/C16H20N2O/c1-16(2)10-6-9-14(16)18-15(19)13(11-17)12-7-4-3-5-8-12/h3-5,7-8,13-14H,6,9-10H2,1-2H3,(H,18,19). The Labute approximate surface area is 114 Å². The minimum atomic E-state index is -0.711. The second kappa shape index (κ2) is 5.44. The van der Waals surface area contributed by atoms with Crippen molar-refractivity contribution < 1.29 is 4.79 Å². The van der Waals surface area contributed by atoms with E-state index in [2.05, 4.69) is 25.2 Å². The maximum atomic E-state index is 12.3. The van der Waals surface area contributed by atoms with Gasteiger partial charge in [-0.1, -0.05) is 50.6 Å². The fourth-order valence-electron chi connectivity index (χ4n) is 2.78. The number of hydrogen-bond acceptors (Lipinski definition) is 2. The maximum Gasteiger partial charge on any atom is 0.242 e. The predicted molar refractivity (Wildman–Crippen MR) is 74.4 cm³/mol. The van der Waals surface area contributed by atoms with Gasteiger partial charge in [-0.25, -0.2) is 0 Å². The Morgan fingerprint density at radius 2 is 2.11 bits per heavy atom. The van der Waals surface area contributed by atoms with Gasteiger partial charge in [0.2, 0.25) is 5.91 Å². The molecular formula is C16H20N2O. The molecule has 100 valence electrons. The average Bonchev–Trinajstić information content (AvgIpc) is 2.71. The highest BCUT2D eigenvalue weighted by Gasteiger charge is 2.36. The van der Waals surface area contributed by atoms with Crippen LogP contribution in [0.3, 0.4) is 0 Å². The van der Waals surface area contributed by atoms with Crippen molar-refractivity contribution in [2.24, 2.45) is 5.41 Å². The van der Waals surface area contributed by atoms with Crippen LogP contribution in [-0.2, 0) is 4.79 Å². The number of nitrogens with zero attached hydrogens (tertiary/aromatic N) is 1. The molecule has 0 heterocycles. The summed E-state index contributed by atoms with van der Waals surface area (Å²) >= 11 is 0. The molecule has 0 aliphatic heterocycles. The molecule has 1 aliphatic rings. The first-order chi connectivity index (χ1) is 9.04. The topological polar surface area (TPSA) is 52.9 Å². The largest absolute Gasteiger partial charge is 0.351 e. The molecule has 1 aromatic carbocycles. The summed E-state index contributed by atoms with van der Waals surface area (Å²) in [5, 5.41) is 12.3. The Balaban J connectivity index is 2.09. The molecule has 1 aromatic rings. The molecule has 0 aromatic heterocycles. The summed E-state index contributed by atoms with van der Waals surface area (Å²) in [6.07, 6.45) is 3.27. The van der Waals surface area contributed by atoms with E-state index in [9.17, 15) is 10.1 Å². The number of nitriles is 1. The lowest BCUT2D eigenvalue weighted by atomic mass is 9.87. The number of amides is 1. The van der Waals surface area contributed by atoms with Crippen molar-refractivity contribution in [2.75, 3.05) is 0 Å². The molecule has 19 heavy (non-hydrogen) atoms. The zero-order valence-corrected chi connectivity index (χ0v) is 11.5. The highest BCUT2D eigenvalue weighted by molar-refractivity contribution is 5.86. The van der Waals surface area contributed by atoms with Gasteiger partial charge in [-0.2, -0.15) is 5.26 Å². The van der Waals surface area contributed by atoms with E-state index in [1.54, 1.807) is 0 Å². The van der Waals surface area contributed by atoms with E-state index in [4.69, 9.17) is 0 Å². The Hall–Kier alpha value is -1.82. The van der Waals surface area contributed by atoms with Crippen molar-refractivity contribution in [1.82, 2.24) is 5.32 Å². The van der Waals surface area contributed by atoms with Crippen LogP contribution in [0.4, 0.5) is 0 Å². The van der Waals surface area contributed by atoms with Crippen LogP contribution in [0.2, 0.25) is 0 Å². The van der Waals surface area contributed by atoms with Crippen LogP contribution in [0.1, 0.15) is 44.6 Å². The molecule has 1 fully saturated rings. The zero-order valence-electron chi connectivity index (χ0n) is 11.5. The predicted octanol–water partition coefficient (Wildman–Crippen LogP) is 2.99. The number of carbonyl (C=O) groups is 1. The van der Waals surface area contributed by atoms with Gasteiger partial charge in [-0.05, 0) is 23.8 Å². The molecule has 0 radical (unpaired) electrons. The summed E-state index contributed by atoms with van der Waals surface area (Å²) in [4.78, 5) is 12.3. The first-order valence-corrected chi connectivity index (χ1v) is 6.79. The van der Waals surface area contributed by atoms with Gasteiger partial charge in [0.15, 0.2) is 0 Å². The van der Waals surface area contributed by atoms with Crippen LogP contribution in [0.25, 0.3) is 0 Å². The lowest BCUT2D eigenvalue weighted by Gasteiger charge is -2.28. The van der Waals surface area contributed by atoms with Gasteiger partial charge < -0.3 is 5.32 Å². The molecule has 3 heteroatoms. The summed E-state index contributed by atoms with van der Waals surface area (Å²) in [6, 6.07) is 11.5. The van der Waals surface area contributed by atoms with Crippen molar-refractivity contribution in [2.45, 2.75) is 45.1 Å². The molecule has 0 spiro atoms. The van der Waals surface area contributed by atoms with Crippen molar-refractivity contribution in [1.29, 1.82) is 5.26 Å². The molecule has 1 amide bonds. The first-order valence-electron chi connectivity index (χ1n) is 6.79. The Bertz CT molecular complexity index is 487. The van der Waals surface area contributed by atoms with Gasteiger partial charge >= 0.3 is 0 Å². The van der Waals surface area contributed by atoms with Crippen molar-refractivity contribution in [3.63, 3.8) is 0 Å². The van der Waals surface area contributed by atoms with Gasteiger partial charge in [0.1, 0.15) is 5.92 Å². The van der Waals surface area contributed by atoms with E-state index in [1.165, 1.54) is 0 Å². The van der Waals surface area contributed by atoms with E-state index in [1.807, 2.05) is 30.3 Å². The van der Waals surface area contributed by atoms with Crippen LogP contribution in [0.5, 0.6) is 0 Å². The summed E-state index contributed by atoms with van der Waals surface area (Å²) in [5.41, 5.74) is 0.894. The van der Waals surface area contributed by atoms with E-state index >= 15 is 0 Å². The number of hydrogen-bond donors (Lipinski definition) is 1. The molecule has 2 unspecified atom stereocenters. The Kier molecular flexibility index (Phi) is 3.90. The molecule has 3 nitrogen and oxygen atoms in total. The lowest BCUT2D eigenvalue weighted by Crippen LogP contribution is -2.43. The second-order valence-electron chi connectivity index (χ2n) is 5.91. The van der Waals surface area contributed by atoms with Crippen LogP contribution in [0.15, 0.2) is 30.3 Å². The van der Waals surface area contributed by atoms with Gasteiger partial charge in [-0.3, -0.25) is 4.79 Å². The second-order valence-corrected chi connectivity index (χ2v) is 5.91. The van der Waals surface area contributed by atoms with Crippen molar-refractivity contribution >= 4 is 5.91 Å². The Morgan fingerprint density at radius 3 is 2.63 bits per heavy atom. The van der Waals surface area contributed by atoms with Crippen LogP contribution in [-0.4, -0.2) is 11.9 Å². The quantitative estimate of drug-likeness (QED) is 0.903. The molecule has 2 rings (SSSR count).